The van der Waals surface area contributed by atoms with E-state index < -0.39 is 0 Å². The molecule has 0 radical (unpaired) electrons. The largest absolute Gasteiger partial charge is 0.394 e. The summed E-state index contributed by atoms with van der Waals surface area (Å²) >= 11 is 0. The molecule has 1 N–H and O–H groups in total. The highest BCUT2D eigenvalue weighted by Gasteiger charge is 2.30. The number of aliphatic hydroxyl groups is 1. The minimum absolute atomic E-state index is 0.0572. The van der Waals surface area contributed by atoms with Gasteiger partial charge in [-0.15, -0.1) is 0 Å². The number of likely N-dealkylation sites (N-methyl/N-ethyl adjacent to an activating group) is 1. The van der Waals surface area contributed by atoms with Crippen LogP contribution in [-0.2, 0) is 17.9 Å². The molecule has 1 aliphatic rings. The minimum Gasteiger partial charge on any atom is -0.394 e. The lowest BCUT2D eigenvalue weighted by atomic mass is 9.94. The van der Waals surface area contributed by atoms with Gasteiger partial charge in [-0.1, -0.05) is 55.5 Å². The van der Waals surface area contributed by atoms with Crippen molar-refractivity contribution in [2.75, 3.05) is 26.7 Å². The summed E-state index contributed by atoms with van der Waals surface area (Å²) in [6.45, 7) is 6.36. The smallest absolute Gasteiger partial charge is 0.254 e. The van der Waals surface area contributed by atoms with Gasteiger partial charge in [0.25, 0.3) is 5.91 Å². The van der Waals surface area contributed by atoms with Gasteiger partial charge in [0.05, 0.1) is 25.4 Å². The molecule has 6 nitrogen and oxygen atoms in total. The average molecular weight is 474 g/mol. The van der Waals surface area contributed by atoms with Gasteiger partial charge in [0.15, 0.2) is 0 Å². The molecule has 0 bridgehead atoms. The Morgan fingerprint density at radius 3 is 2.51 bits per heavy atom. The third-order valence-electron chi connectivity index (χ3n) is 6.76. The molecule has 6 heteroatoms. The third-order valence-corrected chi connectivity index (χ3v) is 6.76. The van der Waals surface area contributed by atoms with Gasteiger partial charge in [0.1, 0.15) is 0 Å². The number of pyridine rings is 1. The number of amides is 1. The molecule has 0 fully saturated rings. The molecule has 35 heavy (non-hydrogen) atoms. The zero-order chi connectivity index (χ0) is 24.8. The Hall–Kier alpha value is -3.06. The van der Waals surface area contributed by atoms with E-state index >= 15 is 0 Å². The van der Waals surface area contributed by atoms with Gasteiger partial charge < -0.3 is 14.7 Å². The second-order valence-electron chi connectivity index (χ2n) is 9.58. The molecular formula is C29H35N3O3. The molecule has 0 saturated heterocycles. The van der Waals surface area contributed by atoms with Crippen molar-refractivity contribution < 1.29 is 14.6 Å². The normalized spacial score (nSPS) is 19.6. The molecule has 0 spiro atoms. The van der Waals surface area contributed by atoms with Gasteiger partial charge in [0.2, 0.25) is 0 Å². The number of carbonyl (C=O) groups is 1. The van der Waals surface area contributed by atoms with E-state index in [1.807, 2.05) is 55.6 Å². The van der Waals surface area contributed by atoms with Crippen LogP contribution in [0.25, 0.3) is 11.1 Å². The number of fused-ring (bicyclic) bond motifs is 3. The average Bonchev–Trinajstić information content (AvgIpc) is 2.90. The van der Waals surface area contributed by atoms with E-state index in [-0.39, 0.29) is 30.6 Å². The summed E-state index contributed by atoms with van der Waals surface area (Å²) < 4.78 is 6.58. The quantitative estimate of drug-likeness (QED) is 0.580. The Kier molecular flexibility index (Phi) is 8.29. The predicted molar refractivity (Wildman–Crippen MR) is 138 cm³/mol. The lowest BCUT2D eigenvalue weighted by Gasteiger charge is -2.35. The van der Waals surface area contributed by atoms with Crippen molar-refractivity contribution in [1.82, 2.24) is 14.8 Å². The van der Waals surface area contributed by atoms with E-state index in [1.54, 1.807) is 11.1 Å². The Morgan fingerprint density at radius 2 is 1.80 bits per heavy atom. The Morgan fingerprint density at radius 1 is 1.09 bits per heavy atom. The highest BCUT2D eigenvalue weighted by molar-refractivity contribution is 6.01. The summed E-state index contributed by atoms with van der Waals surface area (Å²) in [6.07, 6.45) is 3.56. The van der Waals surface area contributed by atoms with E-state index in [2.05, 4.69) is 42.1 Å². The second-order valence-corrected chi connectivity index (χ2v) is 9.58. The maximum Gasteiger partial charge on any atom is 0.254 e. The lowest BCUT2D eigenvalue weighted by molar-refractivity contribution is -0.0241. The van der Waals surface area contributed by atoms with Crippen LogP contribution in [0, 0.1) is 5.92 Å². The summed E-state index contributed by atoms with van der Waals surface area (Å²) in [6, 6.07) is 19.6. The molecule has 3 aromatic rings. The first-order valence-corrected chi connectivity index (χ1v) is 12.3. The number of rotatable bonds is 6. The zero-order valence-corrected chi connectivity index (χ0v) is 20.8. The number of hydrogen-bond acceptors (Lipinski definition) is 5. The number of aliphatic hydroxyl groups excluding tert-OH is 1. The minimum atomic E-state index is -0.303. The van der Waals surface area contributed by atoms with E-state index in [4.69, 9.17) is 4.74 Å². The van der Waals surface area contributed by atoms with Crippen LogP contribution in [0.4, 0.5) is 0 Å². The molecule has 1 aromatic heterocycles. The molecule has 3 atom stereocenters. The summed E-state index contributed by atoms with van der Waals surface area (Å²) in [5.74, 6) is -0.00473. The van der Waals surface area contributed by atoms with Crippen molar-refractivity contribution in [3.63, 3.8) is 0 Å². The fraction of sp³-hybridized carbons (Fsp3) is 0.379. The van der Waals surface area contributed by atoms with E-state index in [0.29, 0.717) is 25.3 Å². The van der Waals surface area contributed by atoms with Crippen molar-refractivity contribution in [2.45, 2.75) is 39.1 Å². The second kappa shape index (κ2) is 11.6. The first kappa shape index (κ1) is 25.0. The summed E-state index contributed by atoms with van der Waals surface area (Å²) in [5, 5.41) is 9.98. The zero-order valence-electron chi connectivity index (χ0n) is 20.8. The van der Waals surface area contributed by atoms with Gasteiger partial charge in [-0.25, -0.2) is 0 Å². The third kappa shape index (κ3) is 5.96. The highest BCUT2D eigenvalue weighted by Crippen LogP contribution is 2.31. The number of ether oxygens (including phenoxy) is 1. The Labute approximate surface area is 208 Å². The molecule has 1 aliphatic heterocycles. The van der Waals surface area contributed by atoms with Crippen molar-refractivity contribution in [3.05, 3.63) is 89.7 Å². The van der Waals surface area contributed by atoms with Crippen molar-refractivity contribution in [1.29, 1.82) is 0 Å². The van der Waals surface area contributed by atoms with E-state index in [1.165, 1.54) is 0 Å². The molecule has 0 aliphatic carbocycles. The molecule has 4 rings (SSSR count). The molecule has 2 heterocycles. The van der Waals surface area contributed by atoms with Crippen LogP contribution in [0.15, 0.2) is 73.1 Å². The monoisotopic (exact) mass is 473 g/mol. The molecule has 2 aromatic carbocycles. The van der Waals surface area contributed by atoms with Crippen LogP contribution >= 0.6 is 0 Å². The van der Waals surface area contributed by atoms with Crippen LogP contribution in [0.3, 0.4) is 0 Å². The maximum absolute atomic E-state index is 13.8. The number of benzene rings is 2. The number of aromatic nitrogens is 1. The highest BCUT2D eigenvalue weighted by atomic mass is 16.5. The van der Waals surface area contributed by atoms with Gasteiger partial charge >= 0.3 is 0 Å². The van der Waals surface area contributed by atoms with Crippen LogP contribution < -0.4 is 0 Å². The summed E-state index contributed by atoms with van der Waals surface area (Å²) in [7, 11) is 2.08. The van der Waals surface area contributed by atoms with E-state index in [9.17, 15) is 9.90 Å². The van der Waals surface area contributed by atoms with Gasteiger partial charge in [0, 0.05) is 43.5 Å². The number of nitrogens with zero attached hydrogens (tertiary/aromatic N) is 3. The van der Waals surface area contributed by atoms with Crippen molar-refractivity contribution >= 4 is 5.91 Å². The van der Waals surface area contributed by atoms with Crippen molar-refractivity contribution in [2.24, 2.45) is 5.92 Å². The Balaban J connectivity index is 1.68. The Bertz CT molecular complexity index is 1120. The van der Waals surface area contributed by atoms with Gasteiger partial charge in [-0.05, 0) is 48.4 Å². The molecular weight excluding hydrogens is 438 g/mol. The lowest BCUT2D eigenvalue weighted by Crippen LogP contribution is -2.47. The fourth-order valence-corrected chi connectivity index (χ4v) is 4.73. The van der Waals surface area contributed by atoms with Crippen LogP contribution in [0.5, 0.6) is 0 Å². The number of carbonyl (C=O) groups excluding carboxylic acids is 1. The summed E-state index contributed by atoms with van der Waals surface area (Å²) in [5.41, 5.74) is 4.76. The summed E-state index contributed by atoms with van der Waals surface area (Å²) in [4.78, 5) is 22.1. The van der Waals surface area contributed by atoms with E-state index in [0.717, 1.165) is 28.8 Å². The SMILES string of the molecule is C[C@@H]1CN([C@@H](C)CO)C(=O)c2ccccc2-c2ccccc2CO[C@@H]1CN(C)Cc1cccnc1. The van der Waals surface area contributed by atoms with Gasteiger partial charge in [-0.2, -0.15) is 0 Å². The molecule has 1 amide bonds. The first-order chi connectivity index (χ1) is 17.0. The van der Waals surface area contributed by atoms with Crippen LogP contribution in [-0.4, -0.2) is 64.7 Å². The standard InChI is InChI=1S/C29H35N3O3/c1-21-16-32(22(2)19-33)29(34)27-13-7-6-12-26(27)25-11-5-4-10-24(25)20-35-28(21)18-31(3)17-23-9-8-14-30-15-23/h4-15,21-22,28,33H,16-20H2,1-3H3/t21-,22+,28-/m1/s1. The molecule has 0 unspecified atom stereocenters. The fourth-order valence-electron chi connectivity index (χ4n) is 4.73. The van der Waals surface area contributed by atoms with Crippen molar-refractivity contribution in [3.8, 4) is 11.1 Å². The van der Waals surface area contributed by atoms with Crippen LogP contribution in [0.2, 0.25) is 0 Å². The predicted octanol–water partition coefficient (Wildman–Crippen LogP) is 4.24. The van der Waals surface area contributed by atoms with Crippen LogP contribution in [0.1, 0.15) is 35.3 Å². The molecule has 184 valence electrons. The van der Waals surface area contributed by atoms with Gasteiger partial charge in [-0.3, -0.25) is 14.7 Å². The maximum atomic E-state index is 13.8. The molecule has 0 saturated carbocycles. The first-order valence-electron chi connectivity index (χ1n) is 12.3. The number of hydrogen-bond donors (Lipinski definition) is 1. The topological polar surface area (TPSA) is 65.9 Å².